The summed E-state index contributed by atoms with van der Waals surface area (Å²) in [6.07, 6.45) is 6.82. The Kier molecular flexibility index (Phi) is 5.00. The average Bonchev–Trinajstić information content (AvgIpc) is 2.64. The van der Waals surface area contributed by atoms with Gasteiger partial charge in [-0.2, -0.15) is 0 Å². The van der Waals surface area contributed by atoms with Gasteiger partial charge in [0, 0.05) is 6.54 Å². The van der Waals surface area contributed by atoms with Gasteiger partial charge >= 0.3 is 6.09 Å². The Morgan fingerprint density at radius 1 is 1.53 bits per heavy atom. The molecule has 1 rings (SSSR count). The number of ether oxygens (including phenoxy) is 1. The maximum atomic E-state index is 11.9. The second kappa shape index (κ2) is 6.05. The molecule has 0 aromatic rings. The van der Waals surface area contributed by atoms with Gasteiger partial charge in [-0.25, -0.2) is 4.79 Å². The summed E-state index contributed by atoms with van der Waals surface area (Å²) in [5, 5.41) is 0. The third-order valence-corrected chi connectivity index (χ3v) is 2.62. The highest BCUT2D eigenvalue weighted by Gasteiger charge is 2.30. The zero-order chi connectivity index (χ0) is 12.9. The summed E-state index contributed by atoms with van der Waals surface area (Å²) in [4.78, 5) is 13.8. The van der Waals surface area contributed by atoms with Crippen molar-refractivity contribution in [1.82, 2.24) is 4.90 Å². The normalized spacial score (nSPS) is 21.2. The minimum Gasteiger partial charge on any atom is -0.444 e. The van der Waals surface area contributed by atoms with E-state index < -0.39 is 5.60 Å². The van der Waals surface area contributed by atoms with Crippen molar-refractivity contribution in [2.45, 2.75) is 51.7 Å². The van der Waals surface area contributed by atoms with Gasteiger partial charge in [0.25, 0.3) is 0 Å². The predicted octanol–water partition coefficient (Wildman–Crippen LogP) is 2.29. The Bertz CT molecular complexity index is 282. The SMILES string of the molecule is CC(C)(C)OC(=O)N1CCCC1/C=C/CCN. The average molecular weight is 240 g/mol. The molecule has 0 radical (unpaired) electrons. The molecule has 1 amide bonds. The molecular formula is C13H24N2O2. The first-order valence-corrected chi connectivity index (χ1v) is 6.30. The van der Waals surface area contributed by atoms with Crippen molar-refractivity contribution >= 4 is 6.09 Å². The van der Waals surface area contributed by atoms with Gasteiger partial charge in [0.2, 0.25) is 0 Å². The van der Waals surface area contributed by atoms with E-state index in [2.05, 4.69) is 6.08 Å². The zero-order valence-corrected chi connectivity index (χ0v) is 11.1. The highest BCUT2D eigenvalue weighted by atomic mass is 16.6. The van der Waals surface area contributed by atoms with Crippen LogP contribution in [-0.2, 0) is 4.74 Å². The summed E-state index contributed by atoms with van der Waals surface area (Å²) in [5.41, 5.74) is 5.01. The van der Waals surface area contributed by atoms with Crippen LogP contribution in [0.3, 0.4) is 0 Å². The maximum absolute atomic E-state index is 11.9. The molecule has 2 N–H and O–H groups in total. The first-order valence-electron chi connectivity index (χ1n) is 6.30. The number of carbonyl (C=O) groups excluding carboxylic acids is 1. The number of likely N-dealkylation sites (tertiary alicyclic amines) is 1. The van der Waals surface area contributed by atoms with E-state index in [-0.39, 0.29) is 12.1 Å². The molecule has 0 spiro atoms. The fraction of sp³-hybridized carbons (Fsp3) is 0.769. The predicted molar refractivity (Wildman–Crippen MR) is 68.8 cm³/mol. The van der Waals surface area contributed by atoms with E-state index in [0.717, 1.165) is 25.8 Å². The maximum Gasteiger partial charge on any atom is 0.410 e. The molecule has 0 aliphatic carbocycles. The van der Waals surface area contributed by atoms with Crippen LogP contribution in [0.1, 0.15) is 40.0 Å². The molecule has 0 aromatic carbocycles. The van der Waals surface area contributed by atoms with Gasteiger partial charge < -0.3 is 15.4 Å². The first kappa shape index (κ1) is 14.0. The van der Waals surface area contributed by atoms with E-state index in [9.17, 15) is 4.79 Å². The van der Waals surface area contributed by atoms with Crippen LogP contribution < -0.4 is 5.73 Å². The largest absolute Gasteiger partial charge is 0.444 e. The number of nitrogens with zero attached hydrogens (tertiary/aromatic N) is 1. The summed E-state index contributed by atoms with van der Waals surface area (Å²) < 4.78 is 5.39. The number of hydrogen-bond acceptors (Lipinski definition) is 3. The smallest absolute Gasteiger partial charge is 0.410 e. The second-order valence-electron chi connectivity index (χ2n) is 5.39. The summed E-state index contributed by atoms with van der Waals surface area (Å²) in [5.74, 6) is 0. The molecule has 4 heteroatoms. The number of rotatable bonds is 3. The number of hydrogen-bond donors (Lipinski definition) is 1. The monoisotopic (exact) mass is 240 g/mol. The van der Waals surface area contributed by atoms with Crippen molar-refractivity contribution in [3.05, 3.63) is 12.2 Å². The third kappa shape index (κ3) is 4.77. The van der Waals surface area contributed by atoms with Crippen LogP contribution >= 0.6 is 0 Å². The van der Waals surface area contributed by atoms with E-state index in [4.69, 9.17) is 10.5 Å². The minimum absolute atomic E-state index is 0.177. The highest BCUT2D eigenvalue weighted by molar-refractivity contribution is 5.69. The van der Waals surface area contributed by atoms with Crippen LogP contribution in [0.15, 0.2) is 12.2 Å². The molecule has 0 saturated carbocycles. The lowest BCUT2D eigenvalue weighted by Crippen LogP contribution is -2.39. The lowest BCUT2D eigenvalue weighted by atomic mass is 10.2. The third-order valence-electron chi connectivity index (χ3n) is 2.62. The molecule has 4 nitrogen and oxygen atoms in total. The molecule has 1 heterocycles. The molecule has 1 fully saturated rings. The van der Waals surface area contributed by atoms with Crippen molar-refractivity contribution < 1.29 is 9.53 Å². The van der Waals surface area contributed by atoms with Gasteiger partial charge in [-0.05, 0) is 46.6 Å². The molecule has 1 aliphatic rings. The molecule has 1 aliphatic heterocycles. The van der Waals surface area contributed by atoms with Gasteiger partial charge in [-0.3, -0.25) is 0 Å². The molecule has 1 saturated heterocycles. The Hall–Kier alpha value is -1.03. The molecule has 0 aromatic heterocycles. The van der Waals surface area contributed by atoms with E-state index in [1.54, 1.807) is 4.90 Å². The van der Waals surface area contributed by atoms with E-state index in [1.807, 2.05) is 26.8 Å². The van der Waals surface area contributed by atoms with Gasteiger partial charge in [0.1, 0.15) is 5.60 Å². The van der Waals surface area contributed by atoms with Crippen LogP contribution in [0, 0.1) is 0 Å². The molecule has 1 unspecified atom stereocenters. The molecule has 17 heavy (non-hydrogen) atoms. The second-order valence-corrected chi connectivity index (χ2v) is 5.39. The summed E-state index contributed by atoms with van der Waals surface area (Å²) in [7, 11) is 0. The molecule has 98 valence electrons. The molecule has 1 atom stereocenters. The van der Waals surface area contributed by atoms with Crippen molar-refractivity contribution in [3.63, 3.8) is 0 Å². The summed E-state index contributed by atoms with van der Waals surface area (Å²) >= 11 is 0. The van der Waals surface area contributed by atoms with Gasteiger partial charge in [-0.15, -0.1) is 0 Å². The summed E-state index contributed by atoms with van der Waals surface area (Å²) in [6, 6.07) is 0.177. The Morgan fingerprint density at radius 3 is 2.82 bits per heavy atom. The fourth-order valence-corrected chi connectivity index (χ4v) is 1.89. The minimum atomic E-state index is -0.425. The Balaban J connectivity index is 2.54. The number of nitrogens with two attached hydrogens (primary N) is 1. The lowest BCUT2D eigenvalue weighted by Gasteiger charge is -2.27. The van der Waals surface area contributed by atoms with Crippen LogP contribution in [-0.4, -0.2) is 35.7 Å². The van der Waals surface area contributed by atoms with Crippen molar-refractivity contribution in [1.29, 1.82) is 0 Å². The van der Waals surface area contributed by atoms with Gasteiger partial charge in [-0.1, -0.05) is 12.2 Å². The van der Waals surface area contributed by atoms with E-state index in [1.165, 1.54) is 0 Å². The van der Waals surface area contributed by atoms with Crippen molar-refractivity contribution in [3.8, 4) is 0 Å². The highest BCUT2D eigenvalue weighted by Crippen LogP contribution is 2.21. The lowest BCUT2D eigenvalue weighted by molar-refractivity contribution is 0.0256. The van der Waals surface area contributed by atoms with Crippen LogP contribution in [0.4, 0.5) is 4.79 Å². The van der Waals surface area contributed by atoms with Crippen molar-refractivity contribution in [2.75, 3.05) is 13.1 Å². The quantitative estimate of drug-likeness (QED) is 0.770. The number of carbonyl (C=O) groups is 1. The Labute approximate surface area is 104 Å². The van der Waals surface area contributed by atoms with Gasteiger partial charge in [0.15, 0.2) is 0 Å². The van der Waals surface area contributed by atoms with Crippen LogP contribution in [0.5, 0.6) is 0 Å². The summed E-state index contributed by atoms with van der Waals surface area (Å²) in [6.45, 7) is 7.10. The number of amides is 1. The Morgan fingerprint density at radius 2 is 2.24 bits per heavy atom. The van der Waals surface area contributed by atoms with Gasteiger partial charge in [0.05, 0.1) is 6.04 Å². The molecular weight excluding hydrogens is 216 g/mol. The molecule has 0 bridgehead atoms. The van der Waals surface area contributed by atoms with Crippen LogP contribution in [0.2, 0.25) is 0 Å². The first-order chi connectivity index (χ1) is 7.94. The standard InChI is InChI=1S/C13H24N2O2/c1-13(2,3)17-12(16)15-10-6-8-11(15)7-4-5-9-14/h4,7,11H,5-6,8-10,14H2,1-3H3/b7-4+. The topological polar surface area (TPSA) is 55.6 Å². The zero-order valence-electron chi connectivity index (χ0n) is 11.1. The van der Waals surface area contributed by atoms with Crippen LogP contribution in [0.25, 0.3) is 0 Å². The van der Waals surface area contributed by atoms with E-state index >= 15 is 0 Å². The van der Waals surface area contributed by atoms with Crippen molar-refractivity contribution in [2.24, 2.45) is 5.73 Å². The fourth-order valence-electron chi connectivity index (χ4n) is 1.89. The van der Waals surface area contributed by atoms with E-state index in [0.29, 0.717) is 6.54 Å².